The Kier molecular flexibility index (Phi) is 7.75. The van der Waals surface area contributed by atoms with Crippen molar-refractivity contribution in [1.82, 2.24) is 10.2 Å². The molecule has 0 amide bonds. The molecule has 0 aromatic carbocycles. The van der Waals surface area contributed by atoms with Gasteiger partial charge in [0, 0.05) is 25.2 Å². The lowest BCUT2D eigenvalue weighted by Gasteiger charge is -2.33. The van der Waals surface area contributed by atoms with Crippen molar-refractivity contribution in [2.75, 3.05) is 20.1 Å². The number of halogens is 2. The Morgan fingerprint density at radius 1 is 1.09 bits per heavy atom. The van der Waals surface area contributed by atoms with Crippen molar-refractivity contribution in [1.29, 1.82) is 0 Å². The summed E-state index contributed by atoms with van der Waals surface area (Å²) in [7, 11) is 2.17. The second-order valence-electron chi connectivity index (χ2n) is 3.19. The van der Waals surface area contributed by atoms with Crippen LogP contribution in [0, 0.1) is 0 Å². The van der Waals surface area contributed by atoms with Crippen molar-refractivity contribution in [3.63, 3.8) is 0 Å². The van der Waals surface area contributed by atoms with Crippen LogP contribution in [-0.4, -0.2) is 37.1 Å². The third-order valence-corrected chi connectivity index (χ3v) is 1.74. The number of hydrogen-bond acceptors (Lipinski definition) is 2. The zero-order valence-corrected chi connectivity index (χ0v) is 8.97. The minimum Gasteiger partial charge on any atom is -0.309 e. The van der Waals surface area contributed by atoms with Crippen LogP contribution < -0.4 is 5.32 Å². The van der Waals surface area contributed by atoms with Gasteiger partial charge in [-0.3, -0.25) is 0 Å². The van der Waals surface area contributed by atoms with Crippen molar-refractivity contribution in [2.45, 2.75) is 25.9 Å². The van der Waals surface area contributed by atoms with Crippen LogP contribution in [0.25, 0.3) is 0 Å². The number of rotatable bonds is 0. The van der Waals surface area contributed by atoms with Crippen LogP contribution in [0.3, 0.4) is 0 Å². The summed E-state index contributed by atoms with van der Waals surface area (Å²) in [5, 5.41) is 3.47. The first-order valence-electron chi connectivity index (χ1n) is 3.63. The van der Waals surface area contributed by atoms with Gasteiger partial charge in [-0.2, -0.15) is 0 Å². The molecule has 0 radical (unpaired) electrons. The zero-order chi connectivity index (χ0) is 6.85. The standard InChI is InChI=1S/C7H16N2.2ClH/c1-6-4-9(3)5-7(2)8-6;;/h6-8H,4-5H2,1-3H3;2*1H/t6-,7-;;/m0../s1. The summed E-state index contributed by atoms with van der Waals surface area (Å²) in [6.45, 7) is 6.83. The molecule has 1 rings (SSSR count). The highest BCUT2D eigenvalue weighted by molar-refractivity contribution is 5.85. The predicted octanol–water partition coefficient (Wildman–Crippen LogP) is 1.14. The van der Waals surface area contributed by atoms with Crippen LogP contribution in [-0.2, 0) is 0 Å². The lowest BCUT2D eigenvalue weighted by molar-refractivity contribution is 0.208. The van der Waals surface area contributed by atoms with E-state index < -0.39 is 0 Å². The van der Waals surface area contributed by atoms with Crippen molar-refractivity contribution in [3.05, 3.63) is 0 Å². The van der Waals surface area contributed by atoms with Crippen molar-refractivity contribution in [2.24, 2.45) is 0 Å². The molecule has 1 heterocycles. The van der Waals surface area contributed by atoms with E-state index in [9.17, 15) is 0 Å². The van der Waals surface area contributed by atoms with E-state index in [2.05, 4.69) is 31.1 Å². The molecule has 0 unspecified atom stereocenters. The van der Waals surface area contributed by atoms with E-state index in [1.54, 1.807) is 0 Å². The van der Waals surface area contributed by atoms with Gasteiger partial charge in [0.05, 0.1) is 0 Å². The molecule has 2 nitrogen and oxygen atoms in total. The smallest absolute Gasteiger partial charge is 0.0169 e. The van der Waals surface area contributed by atoms with Gasteiger partial charge in [0.25, 0.3) is 0 Å². The van der Waals surface area contributed by atoms with Crippen LogP contribution in [0.15, 0.2) is 0 Å². The van der Waals surface area contributed by atoms with Gasteiger partial charge >= 0.3 is 0 Å². The Morgan fingerprint density at radius 3 is 1.73 bits per heavy atom. The number of nitrogens with zero attached hydrogens (tertiary/aromatic N) is 1. The summed E-state index contributed by atoms with van der Waals surface area (Å²) in [5.41, 5.74) is 0. The molecule has 0 saturated carbocycles. The zero-order valence-electron chi connectivity index (χ0n) is 7.33. The average molecular weight is 201 g/mol. The fraction of sp³-hybridized carbons (Fsp3) is 1.00. The average Bonchev–Trinajstić information content (AvgIpc) is 1.59. The molecular formula is C7H18Cl2N2. The summed E-state index contributed by atoms with van der Waals surface area (Å²) < 4.78 is 0. The molecule has 0 aromatic heterocycles. The van der Waals surface area contributed by atoms with E-state index in [0.717, 1.165) is 0 Å². The van der Waals surface area contributed by atoms with E-state index in [-0.39, 0.29) is 24.8 Å². The fourth-order valence-electron chi connectivity index (χ4n) is 1.60. The number of piperazine rings is 1. The third kappa shape index (κ3) is 4.86. The molecule has 0 aliphatic carbocycles. The van der Waals surface area contributed by atoms with Crippen LogP contribution in [0.5, 0.6) is 0 Å². The molecule has 1 N–H and O–H groups in total. The predicted molar refractivity (Wildman–Crippen MR) is 54.1 cm³/mol. The Bertz CT molecular complexity index is 75.4. The van der Waals surface area contributed by atoms with Crippen molar-refractivity contribution >= 4 is 24.8 Å². The minimum absolute atomic E-state index is 0. The number of nitrogens with one attached hydrogen (secondary N) is 1. The van der Waals surface area contributed by atoms with Gasteiger partial charge in [-0.15, -0.1) is 24.8 Å². The van der Waals surface area contributed by atoms with Crippen LogP contribution in [0.1, 0.15) is 13.8 Å². The minimum atomic E-state index is 0. The topological polar surface area (TPSA) is 15.3 Å². The molecule has 1 aliphatic rings. The van der Waals surface area contributed by atoms with Gasteiger partial charge in [-0.25, -0.2) is 0 Å². The highest BCUT2D eigenvalue weighted by Gasteiger charge is 2.16. The molecule has 1 fully saturated rings. The van der Waals surface area contributed by atoms with E-state index >= 15 is 0 Å². The van der Waals surface area contributed by atoms with Gasteiger partial charge in [-0.1, -0.05) is 0 Å². The summed E-state index contributed by atoms with van der Waals surface area (Å²) >= 11 is 0. The lowest BCUT2D eigenvalue weighted by atomic mass is 10.2. The molecule has 1 saturated heterocycles. The number of hydrogen-bond donors (Lipinski definition) is 1. The Morgan fingerprint density at radius 2 is 1.45 bits per heavy atom. The SMILES string of the molecule is C[C@H]1CN(C)C[C@H](C)N1.Cl.Cl. The van der Waals surface area contributed by atoms with E-state index in [4.69, 9.17) is 0 Å². The lowest BCUT2D eigenvalue weighted by Crippen LogP contribution is -2.52. The van der Waals surface area contributed by atoms with Gasteiger partial charge in [0.1, 0.15) is 0 Å². The maximum atomic E-state index is 3.47. The van der Waals surface area contributed by atoms with Crippen LogP contribution in [0.4, 0.5) is 0 Å². The van der Waals surface area contributed by atoms with Gasteiger partial charge in [0.2, 0.25) is 0 Å². The quantitative estimate of drug-likeness (QED) is 0.632. The van der Waals surface area contributed by atoms with Gasteiger partial charge < -0.3 is 10.2 Å². The summed E-state index contributed by atoms with van der Waals surface area (Å²) in [4.78, 5) is 2.37. The summed E-state index contributed by atoms with van der Waals surface area (Å²) in [5.74, 6) is 0. The molecule has 2 atom stereocenters. The monoisotopic (exact) mass is 200 g/mol. The normalized spacial score (nSPS) is 31.9. The van der Waals surface area contributed by atoms with Crippen LogP contribution >= 0.6 is 24.8 Å². The Hall–Kier alpha value is 0.500. The molecule has 0 aromatic rings. The maximum Gasteiger partial charge on any atom is 0.0169 e. The maximum absolute atomic E-state index is 3.47. The molecule has 1 aliphatic heterocycles. The fourth-order valence-corrected chi connectivity index (χ4v) is 1.60. The highest BCUT2D eigenvalue weighted by atomic mass is 35.5. The first-order valence-corrected chi connectivity index (χ1v) is 3.63. The second-order valence-corrected chi connectivity index (χ2v) is 3.19. The first-order chi connectivity index (χ1) is 4.18. The molecule has 0 spiro atoms. The molecular weight excluding hydrogens is 183 g/mol. The van der Waals surface area contributed by atoms with E-state index in [0.29, 0.717) is 12.1 Å². The second kappa shape index (κ2) is 6.06. The van der Waals surface area contributed by atoms with Crippen molar-refractivity contribution in [3.8, 4) is 0 Å². The third-order valence-electron chi connectivity index (χ3n) is 1.74. The largest absolute Gasteiger partial charge is 0.309 e. The Balaban J connectivity index is 0. The number of likely N-dealkylation sites (N-methyl/N-ethyl adjacent to an activating group) is 1. The van der Waals surface area contributed by atoms with E-state index in [1.165, 1.54) is 13.1 Å². The summed E-state index contributed by atoms with van der Waals surface area (Å²) in [6, 6.07) is 1.33. The van der Waals surface area contributed by atoms with Gasteiger partial charge in [0.15, 0.2) is 0 Å². The van der Waals surface area contributed by atoms with Crippen LogP contribution in [0.2, 0.25) is 0 Å². The summed E-state index contributed by atoms with van der Waals surface area (Å²) in [6.07, 6.45) is 0. The molecule has 70 valence electrons. The van der Waals surface area contributed by atoms with Crippen molar-refractivity contribution < 1.29 is 0 Å². The highest BCUT2D eigenvalue weighted by Crippen LogP contribution is 1.99. The molecule has 4 heteroatoms. The van der Waals surface area contributed by atoms with Gasteiger partial charge in [-0.05, 0) is 20.9 Å². The Labute approximate surface area is 81.5 Å². The molecule has 0 bridgehead atoms. The molecule has 11 heavy (non-hydrogen) atoms. The van der Waals surface area contributed by atoms with E-state index in [1.807, 2.05) is 0 Å². The first kappa shape index (κ1) is 14.0.